The van der Waals surface area contributed by atoms with Gasteiger partial charge in [-0.1, -0.05) is 109 Å². The fourth-order valence-corrected chi connectivity index (χ4v) is 4.05. The highest BCUT2D eigenvalue weighted by atomic mass is 19.1. The molecule has 3 aromatic rings. The Balaban J connectivity index is 0.000000579. The van der Waals surface area contributed by atoms with Crippen molar-refractivity contribution in [2.45, 2.75) is 99.5 Å². The SMILES string of the molecule is C=C(CC(C)CCC)C(N)CC.C=CCC.CCCc1cccc(F)c1.Cc1ccc(-c2ccccc2C#N)nc1C. The van der Waals surface area contributed by atoms with Crippen molar-refractivity contribution >= 4 is 0 Å². The number of pyridine rings is 1. The minimum Gasteiger partial charge on any atom is -0.324 e. The molecule has 2 aromatic carbocycles. The van der Waals surface area contributed by atoms with Gasteiger partial charge in [-0.15, -0.1) is 6.58 Å². The van der Waals surface area contributed by atoms with Crippen molar-refractivity contribution in [1.29, 1.82) is 5.26 Å². The lowest BCUT2D eigenvalue weighted by molar-refractivity contribution is 0.502. The van der Waals surface area contributed by atoms with Gasteiger partial charge in [-0.2, -0.15) is 5.26 Å². The smallest absolute Gasteiger partial charge is 0.123 e. The summed E-state index contributed by atoms with van der Waals surface area (Å²) in [7, 11) is 0. The summed E-state index contributed by atoms with van der Waals surface area (Å²) in [6, 6.07) is 20.7. The van der Waals surface area contributed by atoms with E-state index in [-0.39, 0.29) is 11.9 Å². The molecule has 0 aliphatic heterocycles. The van der Waals surface area contributed by atoms with Crippen LogP contribution >= 0.6 is 0 Å². The van der Waals surface area contributed by atoms with E-state index >= 15 is 0 Å². The van der Waals surface area contributed by atoms with Gasteiger partial charge < -0.3 is 5.73 Å². The highest BCUT2D eigenvalue weighted by Crippen LogP contribution is 2.22. The molecular weight excluding hydrogens is 517 g/mol. The van der Waals surface area contributed by atoms with E-state index < -0.39 is 0 Å². The number of aryl methyl sites for hydroxylation is 3. The first kappa shape index (κ1) is 38.5. The molecule has 0 radical (unpaired) electrons. The molecule has 0 fully saturated rings. The summed E-state index contributed by atoms with van der Waals surface area (Å²) in [5.41, 5.74) is 12.8. The molecule has 1 aromatic heterocycles. The standard InChI is InChI=1S/C14H12N2.C11H23N.C9H11F.C4H8/c1-10-7-8-14(16-11(10)2)13-6-4-3-5-12(13)9-15;1-5-7-9(3)8-10(4)11(12)6-2;1-2-4-8-5-3-6-9(10)7-8;1-3-4-2/h3-8H,1-2H3;9,11H,4-8,12H2,1-3H3;3,5-7H,2,4H2,1H3;3H,1,4H2,2H3. The van der Waals surface area contributed by atoms with E-state index in [1.807, 2.05) is 62.4 Å². The number of nitrogens with two attached hydrogens (primary N) is 1. The van der Waals surface area contributed by atoms with Gasteiger partial charge in [-0.05, 0) is 80.8 Å². The summed E-state index contributed by atoms with van der Waals surface area (Å²) >= 11 is 0. The van der Waals surface area contributed by atoms with Crippen LogP contribution in [0.2, 0.25) is 0 Å². The largest absolute Gasteiger partial charge is 0.324 e. The minimum absolute atomic E-state index is 0.133. The van der Waals surface area contributed by atoms with Crippen LogP contribution in [0, 0.1) is 36.9 Å². The van der Waals surface area contributed by atoms with Crippen LogP contribution in [0.15, 0.2) is 85.5 Å². The maximum Gasteiger partial charge on any atom is 0.123 e. The first-order valence-corrected chi connectivity index (χ1v) is 15.3. The monoisotopic (exact) mass is 571 g/mol. The number of nitriles is 1. The number of nitrogens with zero attached hydrogens (tertiary/aromatic N) is 2. The van der Waals surface area contributed by atoms with Crippen LogP contribution in [-0.2, 0) is 6.42 Å². The lowest BCUT2D eigenvalue weighted by Crippen LogP contribution is -2.21. The zero-order valence-corrected chi connectivity index (χ0v) is 27.2. The van der Waals surface area contributed by atoms with Crippen LogP contribution in [-0.4, -0.2) is 11.0 Å². The van der Waals surface area contributed by atoms with Crippen molar-refractivity contribution in [1.82, 2.24) is 4.98 Å². The van der Waals surface area contributed by atoms with Gasteiger partial charge >= 0.3 is 0 Å². The van der Waals surface area contributed by atoms with Crippen molar-refractivity contribution in [3.8, 4) is 17.3 Å². The molecule has 42 heavy (non-hydrogen) atoms. The van der Waals surface area contributed by atoms with Gasteiger partial charge in [-0.25, -0.2) is 4.39 Å². The Morgan fingerprint density at radius 3 is 2.21 bits per heavy atom. The number of rotatable bonds is 10. The number of hydrogen-bond donors (Lipinski definition) is 1. The normalized spacial score (nSPS) is 11.1. The fourth-order valence-electron chi connectivity index (χ4n) is 4.05. The van der Waals surface area contributed by atoms with E-state index in [4.69, 9.17) is 11.0 Å². The van der Waals surface area contributed by atoms with Gasteiger partial charge in [0.2, 0.25) is 0 Å². The molecule has 3 rings (SSSR count). The number of hydrogen-bond acceptors (Lipinski definition) is 3. The van der Waals surface area contributed by atoms with Gasteiger partial charge in [0, 0.05) is 17.3 Å². The van der Waals surface area contributed by atoms with Crippen molar-refractivity contribution in [3.05, 3.63) is 114 Å². The topological polar surface area (TPSA) is 62.7 Å². The highest BCUT2D eigenvalue weighted by Gasteiger charge is 2.08. The third-order valence-corrected chi connectivity index (χ3v) is 6.75. The molecule has 2 N–H and O–H groups in total. The molecule has 0 aliphatic rings. The molecule has 2 atom stereocenters. The lowest BCUT2D eigenvalue weighted by Gasteiger charge is -2.16. The fraction of sp³-hybridized carbons (Fsp3) is 0.421. The molecule has 0 bridgehead atoms. The molecule has 3 nitrogen and oxygen atoms in total. The summed E-state index contributed by atoms with van der Waals surface area (Å²) in [6.45, 7) is 22.3. The van der Waals surface area contributed by atoms with Crippen molar-refractivity contribution < 1.29 is 4.39 Å². The Bertz CT molecular complexity index is 1230. The summed E-state index contributed by atoms with van der Waals surface area (Å²) in [4.78, 5) is 4.50. The first-order valence-electron chi connectivity index (χ1n) is 15.3. The Morgan fingerprint density at radius 2 is 1.69 bits per heavy atom. The molecule has 0 amide bonds. The van der Waals surface area contributed by atoms with E-state index in [0.717, 1.165) is 66.1 Å². The zero-order chi connectivity index (χ0) is 31.9. The van der Waals surface area contributed by atoms with Crippen molar-refractivity contribution in [2.24, 2.45) is 11.7 Å². The van der Waals surface area contributed by atoms with Crippen LogP contribution in [0.5, 0.6) is 0 Å². The van der Waals surface area contributed by atoms with Crippen molar-refractivity contribution in [3.63, 3.8) is 0 Å². The van der Waals surface area contributed by atoms with Gasteiger partial charge in [0.05, 0.1) is 17.3 Å². The van der Waals surface area contributed by atoms with Crippen LogP contribution < -0.4 is 5.73 Å². The van der Waals surface area contributed by atoms with Gasteiger partial charge in [0.1, 0.15) is 5.82 Å². The predicted octanol–water partition coefficient (Wildman–Crippen LogP) is 10.7. The average Bonchev–Trinajstić information content (AvgIpc) is 2.99. The number of aromatic nitrogens is 1. The summed E-state index contributed by atoms with van der Waals surface area (Å²) in [5.74, 6) is 0.617. The second kappa shape index (κ2) is 23.1. The average molecular weight is 572 g/mol. The molecular formula is C38H54FN3. The van der Waals surface area contributed by atoms with E-state index in [1.54, 1.807) is 12.1 Å². The maximum atomic E-state index is 12.5. The van der Waals surface area contributed by atoms with Crippen LogP contribution in [0.3, 0.4) is 0 Å². The molecule has 0 saturated heterocycles. The number of allylic oxidation sites excluding steroid dienone is 1. The predicted molar refractivity (Wildman–Crippen MR) is 181 cm³/mol. The molecule has 0 aliphatic carbocycles. The Labute approximate surface area is 256 Å². The zero-order valence-electron chi connectivity index (χ0n) is 27.2. The van der Waals surface area contributed by atoms with Gasteiger partial charge in [0.25, 0.3) is 0 Å². The minimum atomic E-state index is -0.133. The van der Waals surface area contributed by atoms with Crippen LogP contribution in [0.1, 0.15) is 95.5 Å². The second-order valence-corrected chi connectivity index (χ2v) is 10.6. The second-order valence-electron chi connectivity index (χ2n) is 10.6. The van der Waals surface area contributed by atoms with E-state index in [1.165, 1.54) is 24.5 Å². The molecule has 228 valence electrons. The summed E-state index contributed by atoms with van der Waals surface area (Å²) in [5, 5.41) is 9.03. The lowest BCUT2D eigenvalue weighted by atomic mass is 9.93. The first-order chi connectivity index (χ1) is 20.1. The molecule has 2 unspecified atom stereocenters. The highest BCUT2D eigenvalue weighted by molar-refractivity contribution is 5.67. The third kappa shape index (κ3) is 16.0. The van der Waals surface area contributed by atoms with E-state index in [0.29, 0.717) is 5.56 Å². The summed E-state index contributed by atoms with van der Waals surface area (Å²) in [6.07, 6.45) is 9.66. The maximum absolute atomic E-state index is 12.5. The molecule has 0 spiro atoms. The van der Waals surface area contributed by atoms with E-state index in [9.17, 15) is 4.39 Å². The van der Waals surface area contributed by atoms with Crippen LogP contribution in [0.4, 0.5) is 4.39 Å². The number of halogens is 1. The Kier molecular flexibility index (Phi) is 21.1. The van der Waals surface area contributed by atoms with Crippen molar-refractivity contribution in [2.75, 3.05) is 0 Å². The van der Waals surface area contributed by atoms with Gasteiger partial charge in [-0.3, -0.25) is 4.98 Å². The van der Waals surface area contributed by atoms with Gasteiger partial charge in [0.15, 0.2) is 0 Å². The Morgan fingerprint density at radius 1 is 1.02 bits per heavy atom. The molecule has 1 heterocycles. The third-order valence-electron chi connectivity index (χ3n) is 6.75. The van der Waals surface area contributed by atoms with Crippen LogP contribution in [0.25, 0.3) is 11.3 Å². The molecule has 4 heteroatoms. The number of benzene rings is 2. The molecule has 0 saturated carbocycles. The van der Waals surface area contributed by atoms with E-state index in [2.05, 4.69) is 58.8 Å². The summed E-state index contributed by atoms with van der Waals surface area (Å²) < 4.78 is 12.5. The quantitative estimate of drug-likeness (QED) is 0.246. The Hall–Kier alpha value is -3.55.